The second-order valence-electron chi connectivity index (χ2n) is 7.38. The number of piperazine rings is 1. The molecule has 1 unspecified atom stereocenters. The van der Waals surface area contributed by atoms with Gasteiger partial charge in [-0.05, 0) is 50.7 Å². The van der Waals surface area contributed by atoms with Crippen molar-refractivity contribution in [2.45, 2.75) is 39.5 Å². The van der Waals surface area contributed by atoms with Crippen LogP contribution < -0.4 is 10.6 Å². The molecule has 0 aromatic heterocycles. The highest BCUT2D eigenvalue weighted by Gasteiger charge is 2.18. The molecule has 5 nitrogen and oxygen atoms in total. The van der Waals surface area contributed by atoms with Crippen molar-refractivity contribution < 1.29 is 4.79 Å². The van der Waals surface area contributed by atoms with Crippen molar-refractivity contribution in [2.24, 2.45) is 11.8 Å². The number of rotatable bonds is 8. The molecule has 2 heterocycles. The molecule has 0 spiro atoms. The fraction of sp³-hybridized carbons (Fsp3) is 0.944. The molecule has 2 N–H and O–H groups in total. The Morgan fingerprint density at radius 3 is 2.23 bits per heavy atom. The Labute approximate surface area is 178 Å². The van der Waals surface area contributed by atoms with E-state index in [0.717, 1.165) is 45.1 Å². The van der Waals surface area contributed by atoms with E-state index < -0.39 is 0 Å². The molecule has 1 atom stereocenters. The standard InChI is InChI=1S/C18H36N4O.3ClH/c1-3-21-10-12-22(13-11-21)15-16(2)14-20-18(23)5-4-17-6-8-19-9-7-17;;;/h16-17,19H,3-15H2,1-2H3,(H,20,23);3*1H. The number of carbonyl (C=O) groups excluding carboxylic acids is 1. The molecule has 0 bridgehead atoms. The minimum atomic E-state index is 0. The summed E-state index contributed by atoms with van der Waals surface area (Å²) in [5.41, 5.74) is 0. The topological polar surface area (TPSA) is 47.6 Å². The molecule has 2 aliphatic heterocycles. The number of carbonyl (C=O) groups is 1. The van der Waals surface area contributed by atoms with Gasteiger partial charge in [-0.15, -0.1) is 37.2 Å². The highest BCUT2D eigenvalue weighted by molar-refractivity contribution is 5.86. The number of amides is 1. The third-order valence-corrected chi connectivity index (χ3v) is 5.37. The van der Waals surface area contributed by atoms with Crippen LogP contribution in [0.5, 0.6) is 0 Å². The van der Waals surface area contributed by atoms with E-state index in [4.69, 9.17) is 0 Å². The zero-order valence-electron chi connectivity index (χ0n) is 16.4. The molecule has 0 aromatic rings. The number of halogens is 3. The summed E-state index contributed by atoms with van der Waals surface area (Å²) >= 11 is 0. The second kappa shape index (κ2) is 16.2. The number of piperidine rings is 1. The van der Waals surface area contributed by atoms with E-state index in [1.54, 1.807) is 0 Å². The molecule has 0 radical (unpaired) electrons. The van der Waals surface area contributed by atoms with E-state index in [2.05, 4.69) is 34.3 Å². The Morgan fingerprint density at radius 1 is 1.08 bits per heavy atom. The first-order valence-corrected chi connectivity index (χ1v) is 9.59. The Kier molecular flexibility index (Phi) is 17.7. The molecule has 26 heavy (non-hydrogen) atoms. The number of hydrogen-bond donors (Lipinski definition) is 2. The van der Waals surface area contributed by atoms with E-state index in [-0.39, 0.29) is 43.1 Å². The average molecular weight is 434 g/mol. The van der Waals surface area contributed by atoms with Crippen LogP contribution in [0.4, 0.5) is 0 Å². The van der Waals surface area contributed by atoms with E-state index >= 15 is 0 Å². The van der Waals surface area contributed by atoms with E-state index in [0.29, 0.717) is 12.3 Å². The van der Waals surface area contributed by atoms with Crippen LogP contribution in [0, 0.1) is 11.8 Å². The van der Waals surface area contributed by atoms with Gasteiger partial charge in [0.05, 0.1) is 0 Å². The molecule has 2 fully saturated rings. The normalized spacial score (nSPS) is 20.2. The van der Waals surface area contributed by atoms with Crippen molar-refractivity contribution in [1.82, 2.24) is 20.4 Å². The van der Waals surface area contributed by atoms with Crippen LogP contribution >= 0.6 is 37.2 Å². The van der Waals surface area contributed by atoms with Gasteiger partial charge in [0.2, 0.25) is 5.91 Å². The smallest absolute Gasteiger partial charge is 0.220 e. The van der Waals surface area contributed by atoms with Crippen molar-refractivity contribution in [3.05, 3.63) is 0 Å². The van der Waals surface area contributed by atoms with Gasteiger partial charge >= 0.3 is 0 Å². The number of hydrogen-bond acceptors (Lipinski definition) is 4. The van der Waals surface area contributed by atoms with Crippen LogP contribution in [-0.2, 0) is 4.79 Å². The lowest BCUT2D eigenvalue weighted by atomic mass is 9.93. The summed E-state index contributed by atoms with van der Waals surface area (Å²) in [6.07, 6.45) is 4.22. The molecule has 0 aliphatic carbocycles. The fourth-order valence-corrected chi connectivity index (χ4v) is 3.68. The second-order valence-corrected chi connectivity index (χ2v) is 7.38. The Hall–Kier alpha value is 0.220. The van der Waals surface area contributed by atoms with Gasteiger partial charge in [-0.2, -0.15) is 0 Å². The minimum Gasteiger partial charge on any atom is -0.356 e. The van der Waals surface area contributed by atoms with Gasteiger partial charge < -0.3 is 20.4 Å². The summed E-state index contributed by atoms with van der Waals surface area (Å²) in [5, 5.41) is 6.52. The maximum atomic E-state index is 12.0. The van der Waals surface area contributed by atoms with Gasteiger partial charge in [-0.25, -0.2) is 0 Å². The Balaban J connectivity index is 0. The molecule has 2 aliphatic rings. The van der Waals surface area contributed by atoms with Crippen molar-refractivity contribution in [2.75, 3.05) is 58.9 Å². The first-order valence-electron chi connectivity index (χ1n) is 9.59. The lowest BCUT2D eigenvalue weighted by Crippen LogP contribution is -2.48. The monoisotopic (exact) mass is 432 g/mol. The number of nitrogens with zero attached hydrogens (tertiary/aromatic N) is 2. The number of nitrogens with one attached hydrogen (secondary N) is 2. The van der Waals surface area contributed by atoms with Gasteiger partial charge in [-0.3, -0.25) is 4.79 Å². The van der Waals surface area contributed by atoms with Crippen LogP contribution in [0.25, 0.3) is 0 Å². The first kappa shape index (κ1) is 28.4. The molecule has 8 heteroatoms. The predicted molar refractivity (Wildman–Crippen MR) is 117 cm³/mol. The van der Waals surface area contributed by atoms with Crippen LogP contribution in [-0.4, -0.2) is 74.6 Å². The van der Waals surface area contributed by atoms with Crippen molar-refractivity contribution in [3.8, 4) is 0 Å². The highest BCUT2D eigenvalue weighted by Crippen LogP contribution is 2.17. The van der Waals surface area contributed by atoms with Crippen molar-refractivity contribution in [1.29, 1.82) is 0 Å². The van der Waals surface area contributed by atoms with Crippen LogP contribution in [0.15, 0.2) is 0 Å². The average Bonchev–Trinajstić information content (AvgIpc) is 2.60. The molecule has 2 saturated heterocycles. The summed E-state index contributed by atoms with van der Waals surface area (Å²) in [6.45, 7) is 14.5. The van der Waals surface area contributed by atoms with Crippen LogP contribution in [0.3, 0.4) is 0 Å². The predicted octanol–water partition coefficient (Wildman–Crippen LogP) is 2.42. The summed E-state index contributed by atoms with van der Waals surface area (Å²) < 4.78 is 0. The lowest BCUT2D eigenvalue weighted by molar-refractivity contribution is -0.121. The van der Waals surface area contributed by atoms with Gasteiger partial charge in [0.1, 0.15) is 0 Å². The SMILES string of the molecule is CCN1CCN(CC(C)CNC(=O)CCC2CCNCC2)CC1.Cl.Cl.Cl. The minimum absolute atomic E-state index is 0. The summed E-state index contributed by atoms with van der Waals surface area (Å²) in [5.74, 6) is 1.52. The van der Waals surface area contributed by atoms with Gasteiger partial charge in [-0.1, -0.05) is 13.8 Å². The van der Waals surface area contributed by atoms with Gasteiger partial charge in [0, 0.05) is 45.7 Å². The van der Waals surface area contributed by atoms with Crippen molar-refractivity contribution in [3.63, 3.8) is 0 Å². The highest BCUT2D eigenvalue weighted by atomic mass is 35.5. The number of likely N-dealkylation sites (N-methyl/N-ethyl adjacent to an activating group) is 1. The van der Waals surface area contributed by atoms with Gasteiger partial charge in [0.15, 0.2) is 0 Å². The van der Waals surface area contributed by atoms with Crippen molar-refractivity contribution >= 4 is 43.1 Å². The molecule has 0 saturated carbocycles. The Bertz CT molecular complexity index is 349. The third-order valence-electron chi connectivity index (χ3n) is 5.37. The molecular weight excluding hydrogens is 395 g/mol. The maximum absolute atomic E-state index is 12.0. The molecule has 0 aromatic carbocycles. The van der Waals surface area contributed by atoms with E-state index in [9.17, 15) is 4.79 Å². The molecular formula is C18H39Cl3N4O. The van der Waals surface area contributed by atoms with Crippen LogP contribution in [0.2, 0.25) is 0 Å². The molecule has 1 amide bonds. The lowest BCUT2D eigenvalue weighted by Gasteiger charge is -2.35. The maximum Gasteiger partial charge on any atom is 0.220 e. The first-order chi connectivity index (χ1) is 11.2. The summed E-state index contributed by atoms with van der Waals surface area (Å²) in [6, 6.07) is 0. The summed E-state index contributed by atoms with van der Waals surface area (Å²) in [4.78, 5) is 17.1. The third kappa shape index (κ3) is 11.2. The van der Waals surface area contributed by atoms with Crippen LogP contribution in [0.1, 0.15) is 39.5 Å². The largest absolute Gasteiger partial charge is 0.356 e. The Morgan fingerprint density at radius 2 is 1.65 bits per heavy atom. The fourth-order valence-electron chi connectivity index (χ4n) is 3.68. The quantitative estimate of drug-likeness (QED) is 0.617. The van der Waals surface area contributed by atoms with E-state index in [1.807, 2.05) is 0 Å². The van der Waals surface area contributed by atoms with Gasteiger partial charge in [0.25, 0.3) is 0 Å². The van der Waals surface area contributed by atoms with E-state index in [1.165, 1.54) is 39.0 Å². The molecule has 2 rings (SSSR count). The zero-order valence-corrected chi connectivity index (χ0v) is 18.8. The molecule has 158 valence electrons. The summed E-state index contributed by atoms with van der Waals surface area (Å²) in [7, 11) is 0. The zero-order chi connectivity index (χ0) is 16.5.